The third-order valence-electron chi connectivity index (χ3n) is 12.5. The van der Waals surface area contributed by atoms with Gasteiger partial charge in [0.25, 0.3) is 0 Å². The molecule has 0 fully saturated rings. The number of para-hydroxylation sites is 1. The number of nitrogens with zero attached hydrogens (tertiary/aromatic N) is 1. The number of aliphatic hydroxyl groups excluding tert-OH is 1. The Labute approximate surface area is 483 Å². The summed E-state index contributed by atoms with van der Waals surface area (Å²) in [6.45, 7) is 2.30. The number of phenols is 1. The lowest BCUT2D eigenvalue weighted by Crippen LogP contribution is -2.61. The molecule has 33 heteroatoms. The number of aliphatic carboxylic acids is 5. The van der Waals surface area contributed by atoms with E-state index in [0.29, 0.717) is 16.5 Å². The molecule has 0 spiro atoms. The molecule has 0 unspecified atom stereocenters. The fourth-order valence-corrected chi connectivity index (χ4v) is 8.23. The number of fused-ring (bicyclic) bond motifs is 1. The van der Waals surface area contributed by atoms with Crippen molar-refractivity contribution in [2.24, 2.45) is 28.1 Å². The number of hydrogen-bond donors (Lipinski definition) is 19. The minimum absolute atomic E-state index is 0.0242. The normalized spacial score (nSPS) is 14.2. The first-order valence-electron chi connectivity index (χ1n) is 26.3. The van der Waals surface area contributed by atoms with Crippen molar-refractivity contribution in [1.82, 2.24) is 47.5 Å². The third-order valence-corrected chi connectivity index (χ3v) is 12.5. The number of aromatic amines is 1. The highest BCUT2D eigenvalue weighted by Crippen LogP contribution is 2.20. The number of amides is 8. The van der Waals surface area contributed by atoms with E-state index in [1.54, 1.807) is 44.3 Å². The van der Waals surface area contributed by atoms with E-state index >= 15 is 0 Å². The van der Waals surface area contributed by atoms with E-state index in [0.717, 1.165) is 0 Å². The van der Waals surface area contributed by atoms with Gasteiger partial charge in [0.15, 0.2) is 5.96 Å². The Hall–Kier alpha value is -9.92. The van der Waals surface area contributed by atoms with E-state index in [4.69, 9.17) is 17.2 Å². The molecule has 3 aromatic rings. The number of carbonyl (C=O) groups is 13. The minimum Gasteiger partial charge on any atom is -0.508 e. The molecule has 0 radical (unpaired) electrons. The number of H-pyrrole nitrogens is 1. The number of aromatic hydroxyl groups is 1. The monoisotopic (exact) mass is 1200 g/mol. The van der Waals surface area contributed by atoms with Crippen LogP contribution >= 0.6 is 0 Å². The molecule has 1 aromatic heterocycles. The van der Waals surface area contributed by atoms with E-state index in [1.165, 1.54) is 24.3 Å². The van der Waals surface area contributed by atoms with Gasteiger partial charge in [0.2, 0.25) is 47.3 Å². The van der Waals surface area contributed by atoms with Crippen molar-refractivity contribution in [3.63, 3.8) is 0 Å². The van der Waals surface area contributed by atoms with Crippen LogP contribution < -0.4 is 59.7 Å². The second-order valence-electron chi connectivity index (χ2n) is 19.9. The maximum atomic E-state index is 14.3. The molecule has 0 bridgehead atoms. The number of hydrogen-bond acceptors (Lipinski definition) is 17. The molecule has 0 aliphatic carbocycles. The summed E-state index contributed by atoms with van der Waals surface area (Å²) in [6, 6.07) is -4.36. The first-order chi connectivity index (χ1) is 40.0. The lowest BCUT2D eigenvalue weighted by Gasteiger charge is -2.28. The molecule has 464 valence electrons. The zero-order valence-corrected chi connectivity index (χ0v) is 46.1. The zero-order valence-electron chi connectivity index (χ0n) is 46.1. The molecule has 0 saturated carbocycles. The van der Waals surface area contributed by atoms with Crippen LogP contribution in [0.2, 0.25) is 0 Å². The van der Waals surface area contributed by atoms with Crippen LogP contribution in [0.1, 0.15) is 76.3 Å². The largest absolute Gasteiger partial charge is 0.508 e. The molecule has 22 N–H and O–H groups in total. The highest BCUT2D eigenvalue weighted by molar-refractivity contribution is 6.00. The van der Waals surface area contributed by atoms with E-state index in [-0.39, 0.29) is 49.5 Å². The maximum Gasteiger partial charge on any atom is 0.326 e. The first-order valence-corrected chi connectivity index (χ1v) is 26.3. The number of benzene rings is 2. The standard InChI is InChI=1S/C52H71N13O20/c1-24(2)16-33(45(78)58-31(13-14-39(68)69)44(77)59-32(51(84)85)8-5-15-56-52(54)55)61-48(81)36(19-40(70)71)64-50(83)38(21-42(74)75)65-49(82)37(20-41(72)73)63-46(79)34(17-25-9-11-27(67)12-10-25)62-47(80)35(60-43(76)29(53)23-66)18-26-22-57-30-7-4-3-6-28(26)30/h3-4,6-7,9-12,22,24,29,31-38,57,66-67H,5,8,13-21,23,53H2,1-2H3,(H,58,78)(H,59,77)(H,60,76)(H,61,81)(H,62,80)(H,63,79)(H,64,83)(H,65,82)(H,68,69)(H,70,71)(H,72,73)(H,74,75)(H,84,85)(H4,54,55,56)/t29-,31-,32-,33-,34-,35-,36-,37-,38-/m0/s1. The Bertz CT molecular complexity index is 2930. The highest BCUT2D eigenvalue weighted by atomic mass is 16.4. The fraction of sp³-hybridized carbons (Fsp3) is 0.462. The number of nitrogens with one attached hydrogen (secondary N) is 9. The second kappa shape index (κ2) is 33.9. The van der Waals surface area contributed by atoms with Crippen LogP contribution in [0.15, 0.2) is 59.7 Å². The molecule has 3 rings (SSSR count). The molecule has 0 aliphatic heterocycles. The SMILES string of the molecule is CC(C)C[C@H](NC(=O)[C@H](CC(=O)O)NC(=O)[C@H](CC(=O)O)NC(=O)[C@H](CC(=O)O)NC(=O)[C@H](Cc1ccc(O)cc1)NC(=O)[C@H](Cc1c[nH]c2ccccc12)NC(=O)[C@@H](N)CO)C(=O)N[C@@H](CCC(=O)O)C(=O)N[C@@H](CCCN=C(N)N)C(=O)O. The van der Waals surface area contributed by atoms with Gasteiger partial charge >= 0.3 is 29.8 Å². The fourth-order valence-electron chi connectivity index (χ4n) is 8.23. The average molecular weight is 1200 g/mol. The number of carboxylic acids is 5. The van der Waals surface area contributed by atoms with Crippen molar-refractivity contribution >= 4 is 94.0 Å². The van der Waals surface area contributed by atoms with Gasteiger partial charge in [0.05, 0.1) is 25.9 Å². The van der Waals surface area contributed by atoms with E-state index in [1.807, 2.05) is 10.6 Å². The summed E-state index contributed by atoms with van der Waals surface area (Å²) in [4.78, 5) is 177. The quantitative estimate of drug-likeness (QED) is 0.0147. The molecule has 0 aliphatic rings. The third kappa shape index (κ3) is 24.2. The minimum atomic E-state index is -2.28. The number of carbonyl (C=O) groups excluding carboxylic acids is 8. The van der Waals surface area contributed by atoms with Crippen molar-refractivity contribution in [2.45, 2.75) is 132 Å². The summed E-state index contributed by atoms with van der Waals surface area (Å²) in [7, 11) is 0. The predicted octanol–water partition coefficient (Wildman–Crippen LogP) is -4.67. The lowest BCUT2D eigenvalue weighted by atomic mass is 10.0. The summed E-state index contributed by atoms with van der Waals surface area (Å²) < 4.78 is 0. The number of carboxylic acid groups (broad SMARTS) is 5. The number of phenolic OH excluding ortho intramolecular Hbond substituents is 1. The summed E-state index contributed by atoms with van der Waals surface area (Å²) in [5, 5.41) is 86.5. The maximum absolute atomic E-state index is 14.3. The van der Waals surface area contributed by atoms with Crippen LogP contribution in [0.4, 0.5) is 0 Å². The summed E-state index contributed by atoms with van der Waals surface area (Å²) in [6.07, 6.45) is -4.72. The van der Waals surface area contributed by atoms with Gasteiger partial charge in [0, 0.05) is 42.9 Å². The molecule has 9 atom stereocenters. The Kier molecular flexibility index (Phi) is 27.6. The predicted molar refractivity (Wildman–Crippen MR) is 295 cm³/mol. The van der Waals surface area contributed by atoms with Gasteiger partial charge in [-0.05, 0) is 60.9 Å². The summed E-state index contributed by atoms with van der Waals surface area (Å²) in [5.74, 6) is -19.3. The number of rotatable bonds is 37. The van der Waals surface area contributed by atoms with E-state index in [2.05, 4.69) is 41.9 Å². The number of nitrogens with two attached hydrogens (primary N) is 3. The summed E-state index contributed by atoms with van der Waals surface area (Å²) >= 11 is 0. The molecule has 85 heavy (non-hydrogen) atoms. The van der Waals surface area contributed by atoms with Crippen LogP contribution in [0.3, 0.4) is 0 Å². The molecule has 2 aromatic carbocycles. The highest BCUT2D eigenvalue weighted by Gasteiger charge is 2.37. The van der Waals surface area contributed by atoms with Crippen molar-refractivity contribution in [1.29, 1.82) is 0 Å². The number of aliphatic hydroxyl groups is 1. The number of aromatic nitrogens is 1. The molecular weight excluding hydrogens is 1130 g/mol. The number of aliphatic imine (C=N–C) groups is 1. The Morgan fingerprint density at radius 3 is 1.45 bits per heavy atom. The van der Waals surface area contributed by atoms with Crippen LogP contribution in [0, 0.1) is 5.92 Å². The Morgan fingerprint density at radius 1 is 0.529 bits per heavy atom. The van der Waals surface area contributed by atoms with Crippen molar-refractivity contribution in [3.05, 3.63) is 65.9 Å². The van der Waals surface area contributed by atoms with E-state index < -0.39 is 183 Å². The van der Waals surface area contributed by atoms with Crippen molar-refractivity contribution in [3.8, 4) is 5.75 Å². The number of guanidine groups is 1. The van der Waals surface area contributed by atoms with Crippen LogP contribution in [0.25, 0.3) is 10.9 Å². The Morgan fingerprint density at radius 2 is 0.965 bits per heavy atom. The van der Waals surface area contributed by atoms with Crippen LogP contribution in [0.5, 0.6) is 5.75 Å². The van der Waals surface area contributed by atoms with Gasteiger partial charge in [-0.15, -0.1) is 0 Å². The molecule has 33 nitrogen and oxygen atoms in total. The molecule has 0 saturated heterocycles. The molecular formula is C52H71N13O20. The molecule has 8 amide bonds. The van der Waals surface area contributed by atoms with Crippen LogP contribution in [-0.4, -0.2) is 191 Å². The van der Waals surface area contributed by atoms with Gasteiger partial charge < -0.3 is 100 Å². The average Bonchev–Trinajstić information content (AvgIpc) is 3.15. The van der Waals surface area contributed by atoms with E-state index in [9.17, 15) is 98.1 Å². The second-order valence-corrected chi connectivity index (χ2v) is 19.9. The topological polar surface area (TPSA) is 566 Å². The van der Waals surface area contributed by atoms with Gasteiger partial charge in [-0.25, -0.2) is 4.79 Å². The zero-order chi connectivity index (χ0) is 63.7. The molecule has 1 heterocycles. The van der Waals surface area contributed by atoms with Gasteiger partial charge in [-0.1, -0.05) is 44.2 Å². The van der Waals surface area contributed by atoms with Gasteiger partial charge in [-0.3, -0.25) is 62.5 Å². The van der Waals surface area contributed by atoms with Crippen LogP contribution in [-0.2, 0) is 75.2 Å². The first kappa shape index (κ1) is 69.3. The Balaban J connectivity index is 1.93. The van der Waals surface area contributed by atoms with Crippen molar-refractivity contribution in [2.75, 3.05) is 13.2 Å². The lowest BCUT2D eigenvalue weighted by molar-refractivity contribution is -0.144. The summed E-state index contributed by atoms with van der Waals surface area (Å²) in [5.41, 5.74) is 17.7. The van der Waals surface area contributed by atoms with Crippen molar-refractivity contribution < 1.29 is 98.1 Å². The van der Waals surface area contributed by atoms with Gasteiger partial charge in [-0.2, -0.15) is 0 Å². The smallest absolute Gasteiger partial charge is 0.326 e. The van der Waals surface area contributed by atoms with Gasteiger partial charge in [0.1, 0.15) is 60.1 Å².